The third-order valence-corrected chi connectivity index (χ3v) is 4.46. The lowest BCUT2D eigenvalue weighted by Gasteiger charge is -2.54. The summed E-state index contributed by atoms with van der Waals surface area (Å²) in [4.78, 5) is 12.1. The number of carbonyl (C=O) groups is 1. The lowest BCUT2D eigenvalue weighted by atomic mass is 9.57. The number of fused-ring (bicyclic) bond motifs is 1. The fraction of sp³-hybridized carbons (Fsp3) is 0.929. The van der Waals surface area contributed by atoms with Gasteiger partial charge in [-0.15, -0.1) is 12.4 Å². The van der Waals surface area contributed by atoms with E-state index >= 15 is 0 Å². The minimum atomic E-state index is -0.387. The van der Waals surface area contributed by atoms with Crippen molar-refractivity contribution in [1.29, 1.82) is 0 Å². The maximum absolute atomic E-state index is 12.1. The third kappa shape index (κ3) is 3.06. The van der Waals surface area contributed by atoms with Crippen molar-refractivity contribution in [3.05, 3.63) is 0 Å². The van der Waals surface area contributed by atoms with Crippen LogP contribution in [-0.4, -0.2) is 30.7 Å². The number of hydrogen-bond donors (Lipinski definition) is 2. The first-order valence-corrected chi connectivity index (χ1v) is 7.01. The summed E-state index contributed by atoms with van der Waals surface area (Å²) >= 11 is 0. The molecule has 0 spiro atoms. The Balaban J connectivity index is 0.00000180. The van der Waals surface area contributed by atoms with Crippen molar-refractivity contribution in [3.63, 3.8) is 0 Å². The number of halogens is 1. The SMILES string of the molecule is CC(C)C[C@H](N)C(=O)NC1C2CCOC2C1(C)C.Cl. The molecule has 0 aromatic heterocycles. The highest BCUT2D eigenvalue weighted by molar-refractivity contribution is 5.85. The molecule has 4 nitrogen and oxygen atoms in total. The fourth-order valence-electron chi connectivity index (χ4n) is 3.49. The zero-order valence-electron chi connectivity index (χ0n) is 12.3. The van der Waals surface area contributed by atoms with Gasteiger partial charge < -0.3 is 15.8 Å². The fourth-order valence-corrected chi connectivity index (χ4v) is 3.49. The number of nitrogens with one attached hydrogen (secondary N) is 1. The van der Waals surface area contributed by atoms with Gasteiger partial charge in [0.05, 0.1) is 12.1 Å². The second kappa shape index (κ2) is 5.98. The summed E-state index contributed by atoms with van der Waals surface area (Å²) in [5.41, 5.74) is 5.96. The lowest BCUT2D eigenvalue weighted by molar-refractivity contribution is -0.139. The van der Waals surface area contributed by atoms with Crippen molar-refractivity contribution in [1.82, 2.24) is 5.32 Å². The molecule has 0 aromatic carbocycles. The van der Waals surface area contributed by atoms with Gasteiger partial charge in [-0.05, 0) is 18.8 Å². The van der Waals surface area contributed by atoms with Crippen LogP contribution in [0.4, 0.5) is 0 Å². The molecule has 2 fully saturated rings. The maximum atomic E-state index is 12.1. The molecule has 1 aliphatic carbocycles. The van der Waals surface area contributed by atoms with Crippen molar-refractivity contribution < 1.29 is 9.53 Å². The molecule has 1 saturated heterocycles. The Hall–Kier alpha value is -0.320. The van der Waals surface area contributed by atoms with Crippen LogP contribution in [0.5, 0.6) is 0 Å². The molecule has 0 bridgehead atoms. The molecule has 0 aromatic rings. The number of carbonyl (C=O) groups excluding carboxylic acids is 1. The molecule has 19 heavy (non-hydrogen) atoms. The van der Waals surface area contributed by atoms with Gasteiger partial charge >= 0.3 is 0 Å². The smallest absolute Gasteiger partial charge is 0.237 e. The summed E-state index contributed by atoms with van der Waals surface area (Å²) < 4.78 is 5.72. The van der Waals surface area contributed by atoms with Gasteiger partial charge in [-0.1, -0.05) is 27.7 Å². The van der Waals surface area contributed by atoms with Gasteiger partial charge in [-0.25, -0.2) is 0 Å². The standard InChI is InChI=1S/C14H26N2O2.ClH/c1-8(2)7-10(15)13(17)16-11-9-5-6-18-12(9)14(11,3)4;/h8-12H,5-7,15H2,1-4H3,(H,16,17);1H/t9?,10-,11?,12?;/m0./s1. The van der Waals surface area contributed by atoms with Crippen molar-refractivity contribution in [2.24, 2.45) is 23.0 Å². The van der Waals surface area contributed by atoms with Gasteiger partial charge in [0.15, 0.2) is 0 Å². The molecule has 1 amide bonds. The Bertz CT molecular complexity index is 333. The second-order valence-electron chi connectivity index (χ2n) is 6.79. The molecule has 3 unspecified atom stereocenters. The summed E-state index contributed by atoms with van der Waals surface area (Å²) in [6, 6.07) is -0.169. The summed E-state index contributed by atoms with van der Waals surface area (Å²) in [5, 5.41) is 3.14. The van der Waals surface area contributed by atoms with E-state index in [1.165, 1.54) is 0 Å². The minimum absolute atomic E-state index is 0. The normalized spacial score (nSPS) is 33.1. The first-order chi connectivity index (χ1) is 8.34. The molecule has 5 heteroatoms. The van der Waals surface area contributed by atoms with E-state index in [0.717, 1.165) is 19.4 Å². The quantitative estimate of drug-likeness (QED) is 0.828. The van der Waals surface area contributed by atoms with E-state index in [4.69, 9.17) is 10.5 Å². The highest BCUT2D eigenvalue weighted by Gasteiger charge is 2.59. The van der Waals surface area contributed by atoms with Gasteiger partial charge in [-0.2, -0.15) is 0 Å². The van der Waals surface area contributed by atoms with Gasteiger partial charge in [0, 0.05) is 24.0 Å². The summed E-state index contributed by atoms with van der Waals surface area (Å²) in [6.07, 6.45) is 2.10. The van der Waals surface area contributed by atoms with Gasteiger partial charge in [0.2, 0.25) is 5.91 Å². The summed E-state index contributed by atoms with van der Waals surface area (Å²) in [5.74, 6) is 0.921. The van der Waals surface area contributed by atoms with Crippen LogP contribution >= 0.6 is 12.4 Å². The van der Waals surface area contributed by atoms with E-state index in [2.05, 4.69) is 33.0 Å². The Kier molecular flexibility index (Phi) is 5.27. The highest BCUT2D eigenvalue weighted by Crippen LogP contribution is 2.52. The Morgan fingerprint density at radius 2 is 2.11 bits per heavy atom. The largest absolute Gasteiger partial charge is 0.377 e. The van der Waals surface area contributed by atoms with Crippen LogP contribution in [0, 0.1) is 17.3 Å². The average molecular weight is 291 g/mol. The van der Waals surface area contributed by atoms with Gasteiger partial charge in [0.25, 0.3) is 0 Å². The van der Waals surface area contributed by atoms with E-state index in [1.807, 2.05) is 0 Å². The topological polar surface area (TPSA) is 64.4 Å². The molecule has 0 radical (unpaired) electrons. The van der Waals surface area contributed by atoms with Crippen LogP contribution in [-0.2, 0) is 9.53 Å². The molecule has 1 saturated carbocycles. The van der Waals surface area contributed by atoms with Crippen LogP contribution in [0.3, 0.4) is 0 Å². The summed E-state index contributed by atoms with van der Waals surface area (Å²) in [7, 11) is 0. The van der Waals surface area contributed by atoms with Crippen LogP contribution in [0.25, 0.3) is 0 Å². The van der Waals surface area contributed by atoms with E-state index < -0.39 is 0 Å². The van der Waals surface area contributed by atoms with Crippen molar-refractivity contribution >= 4 is 18.3 Å². The molecule has 2 aliphatic rings. The van der Waals surface area contributed by atoms with E-state index in [0.29, 0.717) is 17.9 Å². The lowest BCUT2D eigenvalue weighted by Crippen LogP contribution is -2.68. The van der Waals surface area contributed by atoms with E-state index in [9.17, 15) is 4.79 Å². The van der Waals surface area contributed by atoms with Crippen molar-refractivity contribution in [3.8, 4) is 0 Å². The first kappa shape index (κ1) is 16.7. The number of rotatable bonds is 4. The molecule has 2 rings (SSSR count). The average Bonchev–Trinajstić information content (AvgIpc) is 2.70. The van der Waals surface area contributed by atoms with Gasteiger partial charge in [0.1, 0.15) is 0 Å². The van der Waals surface area contributed by atoms with Crippen LogP contribution in [0.2, 0.25) is 0 Å². The molecule has 112 valence electrons. The second-order valence-corrected chi connectivity index (χ2v) is 6.79. The number of hydrogen-bond acceptors (Lipinski definition) is 3. The Morgan fingerprint density at radius 3 is 2.68 bits per heavy atom. The van der Waals surface area contributed by atoms with E-state index in [1.54, 1.807) is 0 Å². The zero-order valence-corrected chi connectivity index (χ0v) is 13.1. The molecular weight excluding hydrogens is 264 g/mol. The number of ether oxygens (including phenoxy) is 1. The molecule has 1 heterocycles. The molecule has 4 atom stereocenters. The van der Waals surface area contributed by atoms with E-state index in [-0.39, 0.29) is 35.8 Å². The van der Waals surface area contributed by atoms with Crippen LogP contribution in [0.1, 0.15) is 40.5 Å². The number of amides is 1. The predicted octanol–water partition coefficient (Wildman–Crippen LogP) is 1.71. The van der Waals surface area contributed by atoms with Gasteiger partial charge in [-0.3, -0.25) is 4.79 Å². The highest BCUT2D eigenvalue weighted by atomic mass is 35.5. The molecule has 3 N–H and O–H groups in total. The zero-order chi connectivity index (χ0) is 13.5. The van der Waals surface area contributed by atoms with Crippen molar-refractivity contribution in [2.45, 2.75) is 58.7 Å². The minimum Gasteiger partial charge on any atom is -0.377 e. The van der Waals surface area contributed by atoms with Crippen LogP contribution in [0.15, 0.2) is 0 Å². The number of nitrogens with two attached hydrogens (primary N) is 1. The monoisotopic (exact) mass is 290 g/mol. The predicted molar refractivity (Wildman–Crippen MR) is 78.2 cm³/mol. The summed E-state index contributed by atoms with van der Waals surface area (Å²) in [6.45, 7) is 9.32. The first-order valence-electron chi connectivity index (χ1n) is 7.01. The maximum Gasteiger partial charge on any atom is 0.237 e. The Labute approximate surface area is 122 Å². The van der Waals surface area contributed by atoms with Crippen molar-refractivity contribution in [2.75, 3.05) is 6.61 Å². The third-order valence-electron chi connectivity index (χ3n) is 4.46. The molecule has 1 aliphatic heterocycles. The molecular formula is C14H27ClN2O2. The Morgan fingerprint density at radius 1 is 1.47 bits per heavy atom. The van der Waals surface area contributed by atoms with Crippen LogP contribution < -0.4 is 11.1 Å².